The maximum Gasteiger partial charge on any atom is 0.125 e. The number of rotatable bonds is 7. The van der Waals surface area contributed by atoms with E-state index in [1.54, 1.807) is 6.08 Å². The second kappa shape index (κ2) is 8.47. The minimum absolute atomic E-state index is 0.000429. The summed E-state index contributed by atoms with van der Waals surface area (Å²) < 4.78 is 15.7. The quantitative estimate of drug-likeness (QED) is 0.750. The molecule has 3 heteroatoms. The Labute approximate surface area is 135 Å². The lowest BCUT2D eigenvalue weighted by atomic mass is 10.0. The Morgan fingerprint density at radius 3 is 2.45 bits per heavy atom. The highest BCUT2D eigenvalue weighted by Gasteiger charge is 2.13. The van der Waals surface area contributed by atoms with Crippen LogP contribution < -0.4 is 4.72 Å². The van der Waals surface area contributed by atoms with Gasteiger partial charge >= 0.3 is 0 Å². The lowest BCUT2D eigenvalue weighted by Gasteiger charge is -2.17. The molecule has 0 aromatic heterocycles. The van der Waals surface area contributed by atoms with Gasteiger partial charge in [-0.3, -0.25) is 0 Å². The largest absolute Gasteiger partial charge is 0.237 e. The predicted molar refractivity (Wildman–Crippen MR) is 93.9 cm³/mol. The monoisotopic (exact) mass is 311 g/mol. The zero-order valence-electron chi connectivity index (χ0n) is 12.7. The van der Waals surface area contributed by atoms with Crippen LogP contribution in [0.5, 0.6) is 0 Å². The van der Waals surface area contributed by atoms with E-state index in [0.29, 0.717) is 0 Å². The van der Waals surface area contributed by atoms with E-state index >= 15 is 0 Å². The van der Waals surface area contributed by atoms with Crippen LogP contribution in [0.25, 0.3) is 0 Å². The molecule has 0 saturated carbocycles. The van der Waals surface area contributed by atoms with Crippen LogP contribution in [0.1, 0.15) is 23.6 Å². The van der Waals surface area contributed by atoms with E-state index in [0.717, 1.165) is 22.4 Å². The van der Waals surface area contributed by atoms with Crippen molar-refractivity contribution in [3.05, 3.63) is 90.5 Å². The molecule has 0 aliphatic rings. The number of hydrogen-bond donors (Lipinski definition) is 1. The summed E-state index contributed by atoms with van der Waals surface area (Å²) in [6.45, 7) is 5.70. The molecule has 2 unspecified atom stereocenters. The average Bonchev–Trinajstić information content (AvgIpc) is 2.55. The van der Waals surface area contributed by atoms with Crippen molar-refractivity contribution in [3.63, 3.8) is 0 Å². The van der Waals surface area contributed by atoms with Crippen LogP contribution in [0.2, 0.25) is 0 Å². The highest BCUT2D eigenvalue weighted by Crippen LogP contribution is 2.19. The summed E-state index contributed by atoms with van der Waals surface area (Å²) in [5.74, 6) is 0. The second-order valence-corrected chi connectivity index (χ2v) is 6.31. The van der Waals surface area contributed by atoms with Gasteiger partial charge in [-0.1, -0.05) is 72.8 Å². The van der Waals surface area contributed by atoms with Crippen LogP contribution >= 0.6 is 0 Å². The lowest BCUT2D eigenvalue weighted by molar-refractivity contribution is 0.631. The van der Waals surface area contributed by atoms with Gasteiger partial charge < -0.3 is 0 Å². The first-order valence-electron chi connectivity index (χ1n) is 7.28. The Balaban J connectivity index is 2.15. The molecule has 1 N–H and O–H groups in total. The highest BCUT2D eigenvalue weighted by atomic mass is 32.2. The van der Waals surface area contributed by atoms with Gasteiger partial charge in [0, 0.05) is 6.04 Å². The van der Waals surface area contributed by atoms with Gasteiger partial charge in [-0.2, -0.15) is 0 Å². The van der Waals surface area contributed by atoms with Gasteiger partial charge in [-0.05, 0) is 31.0 Å². The Morgan fingerprint density at radius 2 is 1.82 bits per heavy atom. The molecule has 2 nitrogen and oxygen atoms in total. The van der Waals surface area contributed by atoms with E-state index in [-0.39, 0.29) is 6.04 Å². The molecule has 0 spiro atoms. The highest BCUT2D eigenvalue weighted by molar-refractivity contribution is 7.83. The standard InChI is InChI=1S/C19H21NOS/c1-3-4-6-11-19(17-9-7-5-8-10-17)20-22(21)18-14-12-16(2)13-15-18/h3-10,12-15,19-20H,1,11H2,2H3/b6-4+. The maximum atomic E-state index is 12.5. The fourth-order valence-corrected chi connectivity index (χ4v) is 3.12. The summed E-state index contributed by atoms with van der Waals surface area (Å²) in [5.41, 5.74) is 2.28. The van der Waals surface area contributed by atoms with Gasteiger partial charge in [0.1, 0.15) is 11.0 Å². The van der Waals surface area contributed by atoms with Gasteiger partial charge in [0.2, 0.25) is 0 Å². The first-order valence-corrected chi connectivity index (χ1v) is 8.43. The lowest BCUT2D eigenvalue weighted by Crippen LogP contribution is -2.23. The van der Waals surface area contributed by atoms with Gasteiger partial charge in [-0.25, -0.2) is 8.93 Å². The van der Waals surface area contributed by atoms with Crippen molar-refractivity contribution in [2.75, 3.05) is 0 Å². The van der Waals surface area contributed by atoms with Crippen LogP contribution in [0.15, 0.2) is 84.3 Å². The predicted octanol–water partition coefficient (Wildman–Crippen LogP) is 4.48. The Kier molecular flexibility index (Phi) is 6.31. The molecule has 2 atom stereocenters. The van der Waals surface area contributed by atoms with Gasteiger partial charge in [-0.15, -0.1) is 0 Å². The van der Waals surface area contributed by atoms with E-state index in [4.69, 9.17) is 0 Å². The summed E-state index contributed by atoms with van der Waals surface area (Å²) >= 11 is 0. The number of hydrogen-bond acceptors (Lipinski definition) is 1. The Bertz CT molecular complexity index is 647. The molecule has 2 rings (SSSR count). The third-order valence-electron chi connectivity index (χ3n) is 3.33. The number of aryl methyl sites for hydroxylation is 1. The third kappa shape index (κ3) is 4.79. The SMILES string of the molecule is C=C/C=C/CC(NS(=O)c1ccc(C)cc1)c1ccccc1. The van der Waals surface area contributed by atoms with Gasteiger partial charge in [0.25, 0.3) is 0 Å². The molecule has 0 radical (unpaired) electrons. The third-order valence-corrected chi connectivity index (χ3v) is 4.53. The smallest absolute Gasteiger partial charge is 0.125 e. The summed E-state index contributed by atoms with van der Waals surface area (Å²) in [6, 6.07) is 17.8. The molecule has 0 saturated heterocycles. The van der Waals surface area contributed by atoms with E-state index < -0.39 is 11.0 Å². The Hall–Kier alpha value is -1.97. The first-order chi connectivity index (χ1) is 10.7. The van der Waals surface area contributed by atoms with Crippen molar-refractivity contribution in [2.24, 2.45) is 0 Å². The summed E-state index contributed by atoms with van der Waals surface area (Å²) in [5, 5.41) is 0. The number of benzene rings is 2. The molecular formula is C19H21NOS. The van der Waals surface area contributed by atoms with Crippen molar-refractivity contribution in [3.8, 4) is 0 Å². The Morgan fingerprint density at radius 1 is 1.14 bits per heavy atom. The minimum Gasteiger partial charge on any atom is -0.237 e. The fraction of sp³-hybridized carbons (Fsp3) is 0.158. The summed E-state index contributed by atoms with van der Waals surface area (Å²) in [6.07, 6.45) is 6.45. The minimum atomic E-state index is -1.24. The second-order valence-electron chi connectivity index (χ2n) is 5.06. The van der Waals surface area contributed by atoms with E-state index in [1.165, 1.54) is 0 Å². The van der Waals surface area contributed by atoms with E-state index in [9.17, 15) is 4.21 Å². The number of allylic oxidation sites excluding steroid dienone is 2. The average molecular weight is 311 g/mol. The van der Waals surface area contributed by atoms with E-state index in [1.807, 2.05) is 73.7 Å². The van der Waals surface area contributed by atoms with Crippen LogP contribution in [0.3, 0.4) is 0 Å². The number of nitrogens with one attached hydrogen (secondary N) is 1. The van der Waals surface area contributed by atoms with Crippen molar-refractivity contribution >= 4 is 11.0 Å². The molecule has 0 amide bonds. The normalized spacial score (nSPS) is 13.9. The molecule has 0 bridgehead atoms. The van der Waals surface area contributed by atoms with Crippen molar-refractivity contribution in [2.45, 2.75) is 24.3 Å². The zero-order chi connectivity index (χ0) is 15.8. The fourth-order valence-electron chi connectivity index (χ4n) is 2.11. The first kappa shape index (κ1) is 16.4. The van der Waals surface area contributed by atoms with Crippen molar-refractivity contribution < 1.29 is 4.21 Å². The summed E-state index contributed by atoms with van der Waals surface area (Å²) in [7, 11) is -1.24. The van der Waals surface area contributed by atoms with Crippen molar-refractivity contribution in [1.82, 2.24) is 4.72 Å². The van der Waals surface area contributed by atoms with Gasteiger partial charge in [0.15, 0.2) is 0 Å². The van der Waals surface area contributed by atoms with Crippen LogP contribution in [0.4, 0.5) is 0 Å². The zero-order valence-corrected chi connectivity index (χ0v) is 13.6. The van der Waals surface area contributed by atoms with E-state index in [2.05, 4.69) is 11.3 Å². The van der Waals surface area contributed by atoms with Gasteiger partial charge in [0.05, 0.1) is 4.90 Å². The van der Waals surface area contributed by atoms with Crippen molar-refractivity contribution in [1.29, 1.82) is 0 Å². The molecule has 22 heavy (non-hydrogen) atoms. The molecule has 2 aromatic rings. The maximum absolute atomic E-state index is 12.5. The molecule has 0 fully saturated rings. The molecule has 0 aliphatic heterocycles. The topological polar surface area (TPSA) is 29.1 Å². The van der Waals surface area contributed by atoms with Crippen LogP contribution in [0, 0.1) is 6.92 Å². The molecule has 114 valence electrons. The summed E-state index contributed by atoms with van der Waals surface area (Å²) in [4.78, 5) is 0.791. The molecular weight excluding hydrogens is 290 g/mol. The molecule has 0 aliphatic carbocycles. The van der Waals surface area contributed by atoms with Crippen LogP contribution in [-0.2, 0) is 11.0 Å². The molecule has 2 aromatic carbocycles. The van der Waals surface area contributed by atoms with Crippen LogP contribution in [-0.4, -0.2) is 4.21 Å². The molecule has 0 heterocycles.